The maximum atomic E-state index is 9.25. The van der Waals surface area contributed by atoms with Crippen molar-refractivity contribution in [3.05, 3.63) is 45.6 Å². The first-order valence-corrected chi connectivity index (χ1v) is 6.65. The number of ether oxygens (including phenoxy) is 1. The van der Waals surface area contributed by atoms with Crippen LogP contribution in [-0.4, -0.2) is 11.7 Å². The molecule has 0 radical (unpaired) electrons. The highest BCUT2D eigenvalue weighted by atomic mass is 35.5. The van der Waals surface area contributed by atoms with E-state index in [0.717, 1.165) is 12.8 Å². The number of aryl methyl sites for hydroxylation is 1. The Morgan fingerprint density at radius 3 is 2.88 bits per heavy atom. The van der Waals surface area contributed by atoms with E-state index >= 15 is 0 Å². The van der Waals surface area contributed by atoms with Crippen molar-refractivity contribution in [1.82, 2.24) is 0 Å². The van der Waals surface area contributed by atoms with Crippen LogP contribution in [0, 0.1) is 0 Å². The van der Waals surface area contributed by atoms with Crippen molar-refractivity contribution in [3.63, 3.8) is 0 Å². The molecule has 2 aromatic rings. The Kier molecular flexibility index (Phi) is 4.29. The summed E-state index contributed by atoms with van der Waals surface area (Å²) in [6.07, 6.45) is 2.00. The minimum Gasteiger partial charge on any atom is -0.506 e. The summed E-state index contributed by atoms with van der Waals surface area (Å²) < 4.78 is 5.55. The summed E-state index contributed by atoms with van der Waals surface area (Å²) in [7, 11) is 0. The lowest BCUT2D eigenvalue weighted by Gasteiger charge is -2.06. The Morgan fingerprint density at radius 1 is 1.29 bits per heavy atom. The van der Waals surface area contributed by atoms with Gasteiger partial charge in [0.05, 0.1) is 11.6 Å². The molecule has 0 aliphatic rings. The first-order chi connectivity index (χ1) is 8.25. The number of aromatic hydroxyl groups is 1. The number of benzene rings is 1. The third-order valence-electron chi connectivity index (χ3n) is 2.34. The predicted octanol–water partition coefficient (Wildman–Crippen LogP) is 4.12. The Bertz CT molecular complexity index is 468. The maximum absolute atomic E-state index is 9.25. The van der Waals surface area contributed by atoms with Crippen LogP contribution in [0.15, 0.2) is 35.7 Å². The van der Waals surface area contributed by atoms with Crippen LogP contribution in [0.4, 0.5) is 0 Å². The molecular formula is C13H13ClO2S. The molecule has 1 N–H and O–H groups in total. The van der Waals surface area contributed by atoms with Crippen molar-refractivity contribution in [2.75, 3.05) is 6.61 Å². The lowest BCUT2D eigenvalue weighted by molar-refractivity contribution is 0.311. The first-order valence-electron chi connectivity index (χ1n) is 5.39. The zero-order valence-corrected chi connectivity index (χ0v) is 10.8. The number of hydrogen-bond acceptors (Lipinski definition) is 3. The molecule has 4 heteroatoms. The molecule has 0 bridgehead atoms. The molecule has 0 spiro atoms. The van der Waals surface area contributed by atoms with Gasteiger partial charge in [0.1, 0.15) is 11.5 Å². The zero-order valence-electron chi connectivity index (χ0n) is 9.23. The molecule has 90 valence electrons. The second-order valence-corrected chi connectivity index (χ2v) is 5.08. The molecule has 1 aromatic heterocycles. The molecule has 17 heavy (non-hydrogen) atoms. The molecule has 0 saturated carbocycles. The molecule has 1 aromatic carbocycles. The van der Waals surface area contributed by atoms with Gasteiger partial charge in [0, 0.05) is 10.9 Å². The fourth-order valence-electron chi connectivity index (χ4n) is 1.47. The van der Waals surface area contributed by atoms with Gasteiger partial charge in [0.2, 0.25) is 0 Å². The standard InChI is InChI=1S/C13H13ClO2S/c14-12-9-10(5-6-13(12)15)16-7-1-3-11-4-2-8-17-11/h2,4-6,8-9,15H,1,3,7H2. The maximum Gasteiger partial charge on any atom is 0.134 e. The van der Waals surface area contributed by atoms with Gasteiger partial charge < -0.3 is 9.84 Å². The predicted molar refractivity (Wildman–Crippen MR) is 71.3 cm³/mol. The van der Waals surface area contributed by atoms with Gasteiger partial charge in [-0.3, -0.25) is 0 Å². The summed E-state index contributed by atoms with van der Waals surface area (Å²) in [5.41, 5.74) is 0. The highest BCUT2D eigenvalue weighted by molar-refractivity contribution is 7.09. The summed E-state index contributed by atoms with van der Waals surface area (Å²) in [6, 6.07) is 9.06. The van der Waals surface area contributed by atoms with E-state index in [-0.39, 0.29) is 5.75 Å². The number of rotatable bonds is 5. The first kappa shape index (κ1) is 12.3. The van der Waals surface area contributed by atoms with Crippen molar-refractivity contribution in [2.45, 2.75) is 12.8 Å². The molecule has 0 fully saturated rings. The number of halogens is 1. The van der Waals surface area contributed by atoms with E-state index in [1.807, 2.05) is 0 Å². The van der Waals surface area contributed by atoms with Gasteiger partial charge in [-0.25, -0.2) is 0 Å². The monoisotopic (exact) mass is 268 g/mol. The molecule has 0 amide bonds. The SMILES string of the molecule is Oc1ccc(OCCCc2cccs2)cc1Cl. The van der Waals surface area contributed by atoms with Crippen molar-refractivity contribution in [2.24, 2.45) is 0 Å². The van der Waals surface area contributed by atoms with Crippen LogP contribution in [0.1, 0.15) is 11.3 Å². The molecule has 0 atom stereocenters. The molecule has 0 unspecified atom stereocenters. The second kappa shape index (κ2) is 5.94. The van der Waals surface area contributed by atoms with Crippen LogP contribution < -0.4 is 4.74 Å². The van der Waals surface area contributed by atoms with Gasteiger partial charge in [0.15, 0.2) is 0 Å². The van der Waals surface area contributed by atoms with E-state index < -0.39 is 0 Å². The Hall–Kier alpha value is -1.19. The molecule has 0 aliphatic heterocycles. The highest BCUT2D eigenvalue weighted by Crippen LogP contribution is 2.27. The summed E-state index contributed by atoms with van der Waals surface area (Å²) in [6.45, 7) is 0.652. The third kappa shape index (κ3) is 3.65. The van der Waals surface area contributed by atoms with Gasteiger partial charge in [-0.1, -0.05) is 17.7 Å². The summed E-state index contributed by atoms with van der Waals surface area (Å²) in [5.74, 6) is 0.775. The molecular weight excluding hydrogens is 256 g/mol. The van der Waals surface area contributed by atoms with Gasteiger partial charge >= 0.3 is 0 Å². The van der Waals surface area contributed by atoms with Crippen LogP contribution in [0.5, 0.6) is 11.5 Å². The topological polar surface area (TPSA) is 29.5 Å². The number of phenolic OH excluding ortho intramolecular Hbond substituents is 1. The van der Waals surface area contributed by atoms with Gasteiger partial charge in [-0.15, -0.1) is 11.3 Å². The smallest absolute Gasteiger partial charge is 0.134 e. The second-order valence-electron chi connectivity index (χ2n) is 3.64. The molecule has 1 heterocycles. The summed E-state index contributed by atoms with van der Waals surface area (Å²) in [5, 5.41) is 11.7. The fourth-order valence-corrected chi connectivity index (χ4v) is 2.39. The third-order valence-corrected chi connectivity index (χ3v) is 3.57. The minimum atomic E-state index is 0.0811. The van der Waals surface area contributed by atoms with E-state index in [0.29, 0.717) is 17.4 Å². The van der Waals surface area contributed by atoms with E-state index in [1.165, 1.54) is 10.9 Å². The number of phenols is 1. The van der Waals surface area contributed by atoms with E-state index in [4.69, 9.17) is 16.3 Å². The van der Waals surface area contributed by atoms with E-state index in [1.54, 1.807) is 23.5 Å². The fraction of sp³-hybridized carbons (Fsp3) is 0.231. The Morgan fingerprint density at radius 2 is 2.18 bits per heavy atom. The lowest BCUT2D eigenvalue weighted by Crippen LogP contribution is -1.98. The van der Waals surface area contributed by atoms with E-state index in [9.17, 15) is 5.11 Å². The Labute approximate surface area is 109 Å². The molecule has 0 aliphatic carbocycles. The summed E-state index contributed by atoms with van der Waals surface area (Å²) in [4.78, 5) is 1.37. The van der Waals surface area contributed by atoms with E-state index in [2.05, 4.69) is 17.5 Å². The molecule has 0 saturated heterocycles. The average molecular weight is 269 g/mol. The average Bonchev–Trinajstić information content (AvgIpc) is 2.82. The minimum absolute atomic E-state index is 0.0811. The van der Waals surface area contributed by atoms with Crippen molar-refractivity contribution >= 4 is 22.9 Å². The van der Waals surface area contributed by atoms with Crippen LogP contribution in [0.3, 0.4) is 0 Å². The quantitative estimate of drug-likeness (QED) is 0.827. The molecule has 2 nitrogen and oxygen atoms in total. The molecule has 2 rings (SSSR count). The van der Waals surface area contributed by atoms with Crippen LogP contribution in [-0.2, 0) is 6.42 Å². The number of thiophene rings is 1. The highest BCUT2D eigenvalue weighted by Gasteiger charge is 2.01. The normalized spacial score (nSPS) is 10.4. The van der Waals surface area contributed by atoms with Crippen LogP contribution in [0.2, 0.25) is 5.02 Å². The Balaban J connectivity index is 1.76. The summed E-state index contributed by atoms with van der Waals surface area (Å²) >= 11 is 7.54. The van der Waals surface area contributed by atoms with Crippen molar-refractivity contribution in [3.8, 4) is 11.5 Å². The van der Waals surface area contributed by atoms with Crippen LogP contribution in [0.25, 0.3) is 0 Å². The number of hydrogen-bond donors (Lipinski definition) is 1. The van der Waals surface area contributed by atoms with Gasteiger partial charge in [-0.05, 0) is 36.4 Å². The van der Waals surface area contributed by atoms with Gasteiger partial charge in [0.25, 0.3) is 0 Å². The van der Waals surface area contributed by atoms with Crippen molar-refractivity contribution in [1.29, 1.82) is 0 Å². The van der Waals surface area contributed by atoms with Crippen molar-refractivity contribution < 1.29 is 9.84 Å². The largest absolute Gasteiger partial charge is 0.506 e. The van der Waals surface area contributed by atoms with Crippen LogP contribution >= 0.6 is 22.9 Å². The zero-order chi connectivity index (χ0) is 12.1. The lowest BCUT2D eigenvalue weighted by atomic mass is 10.3. The van der Waals surface area contributed by atoms with Gasteiger partial charge in [-0.2, -0.15) is 0 Å².